The Labute approximate surface area is 111 Å². The van der Waals surface area contributed by atoms with Crippen molar-refractivity contribution >= 4 is 17.3 Å². The first kappa shape index (κ1) is 13.2. The van der Waals surface area contributed by atoms with Gasteiger partial charge in [0.15, 0.2) is 0 Å². The monoisotopic (exact) mass is 269 g/mol. The van der Waals surface area contributed by atoms with Crippen molar-refractivity contribution in [1.29, 1.82) is 0 Å². The molecule has 6 heteroatoms. The Morgan fingerprint density at radius 3 is 2.94 bits per heavy atom. The van der Waals surface area contributed by atoms with Crippen LogP contribution in [-0.2, 0) is 6.42 Å². The molecule has 1 aliphatic rings. The first-order chi connectivity index (χ1) is 8.61. The van der Waals surface area contributed by atoms with Crippen LogP contribution < -0.4 is 5.32 Å². The third-order valence-electron chi connectivity index (χ3n) is 3.18. The van der Waals surface area contributed by atoms with E-state index in [0.717, 1.165) is 6.54 Å². The number of nitrogens with one attached hydrogen (secondary N) is 1. The number of nitrogens with zero attached hydrogens (tertiary/aromatic N) is 2. The Bertz CT molecular complexity index is 449. The van der Waals surface area contributed by atoms with Gasteiger partial charge in [-0.25, -0.2) is 0 Å². The van der Waals surface area contributed by atoms with E-state index in [0.29, 0.717) is 23.1 Å². The summed E-state index contributed by atoms with van der Waals surface area (Å²) in [4.78, 5) is 14.7. The molecule has 5 nitrogen and oxygen atoms in total. The average molecular weight is 270 g/mol. The molecule has 1 saturated carbocycles. The lowest BCUT2D eigenvalue weighted by Gasteiger charge is -2.16. The summed E-state index contributed by atoms with van der Waals surface area (Å²) in [5.74, 6) is 0.627. The summed E-state index contributed by atoms with van der Waals surface area (Å²) < 4.78 is 0. The molecular formula is C12H16ClN3O2. The van der Waals surface area contributed by atoms with Gasteiger partial charge in [0.2, 0.25) is 0 Å². The van der Waals surface area contributed by atoms with Gasteiger partial charge in [-0.2, -0.15) is 0 Å². The summed E-state index contributed by atoms with van der Waals surface area (Å²) in [6.07, 6.45) is 4.45. The molecule has 1 atom stereocenters. The number of rotatable bonds is 6. The predicted octanol–water partition coefficient (Wildman–Crippen LogP) is 2.57. The van der Waals surface area contributed by atoms with E-state index in [2.05, 4.69) is 10.3 Å². The summed E-state index contributed by atoms with van der Waals surface area (Å²) in [5, 5.41) is 14.7. The van der Waals surface area contributed by atoms with Crippen LogP contribution in [0.25, 0.3) is 0 Å². The molecule has 0 aliphatic heterocycles. The molecule has 1 N–H and O–H groups in total. The molecule has 1 heterocycles. The maximum atomic E-state index is 11.0. The largest absolute Gasteiger partial charge is 0.314 e. The second-order valence-corrected chi connectivity index (χ2v) is 5.02. The number of hydrogen-bond acceptors (Lipinski definition) is 4. The highest BCUT2D eigenvalue weighted by Crippen LogP contribution is 2.35. The summed E-state index contributed by atoms with van der Waals surface area (Å²) in [6, 6.07) is 1.65. The van der Waals surface area contributed by atoms with Gasteiger partial charge in [0.25, 0.3) is 5.69 Å². The highest BCUT2D eigenvalue weighted by Gasteiger charge is 2.32. The predicted molar refractivity (Wildman–Crippen MR) is 69.8 cm³/mol. The molecule has 1 aliphatic carbocycles. The van der Waals surface area contributed by atoms with Gasteiger partial charge in [0, 0.05) is 24.7 Å². The second-order valence-electron chi connectivity index (χ2n) is 4.58. The number of pyridine rings is 1. The van der Waals surface area contributed by atoms with E-state index in [1.54, 1.807) is 0 Å². The van der Waals surface area contributed by atoms with Crippen molar-refractivity contribution in [3.63, 3.8) is 0 Å². The first-order valence-corrected chi connectivity index (χ1v) is 6.51. The van der Waals surface area contributed by atoms with Gasteiger partial charge < -0.3 is 5.32 Å². The highest BCUT2D eigenvalue weighted by molar-refractivity contribution is 6.30. The summed E-state index contributed by atoms with van der Waals surface area (Å²) in [5.41, 5.74) is 0.535. The molecule has 0 spiro atoms. The third kappa shape index (κ3) is 3.17. The Hall–Kier alpha value is -1.20. The molecule has 0 aromatic carbocycles. The SMILES string of the molecule is CCNC(Cc1ncc(Cl)cc1[N+](=O)[O-])C1CC1. The van der Waals surface area contributed by atoms with Gasteiger partial charge in [-0.05, 0) is 25.3 Å². The average Bonchev–Trinajstić information content (AvgIpc) is 3.14. The summed E-state index contributed by atoms with van der Waals surface area (Å²) in [7, 11) is 0. The van der Waals surface area contributed by atoms with E-state index in [9.17, 15) is 10.1 Å². The van der Waals surface area contributed by atoms with Gasteiger partial charge in [-0.1, -0.05) is 18.5 Å². The number of halogens is 1. The fraction of sp³-hybridized carbons (Fsp3) is 0.583. The van der Waals surface area contributed by atoms with Gasteiger partial charge in [0.1, 0.15) is 5.69 Å². The molecule has 0 amide bonds. The van der Waals surface area contributed by atoms with E-state index in [1.807, 2.05) is 6.92 Å². The van der Waals surface area contributed by atoms with E-state index >= 15 is 0 Å². The van der Waals surface area contributed by atoms with Crippen molar-refractivity contribution in [2.45, 2.75) is 32.2 Å². The van der Waals surface area contributed by atoms with Crippen molar-refractivity contribution in [3.8, 4) is 0 Å². The molecule has 1 aromatic heterocycles. The van der Waals surface area contributed by atoms with Crippen LogP contribution in [-0.4, -0.2) is 22.5 Å². The molecule has 1 fully saturated rings. The Morgan fingerprint density at radius 2 is 2.39 bits per heavy atom. The number of nitro groups is 1. The standard InChI is InChI=1S/C12H16ClN3O2/c1-2-14-10(8-3-4-8)6-11-12(16(17)18)5-9(13)7-15-11/h5,7-8,10,14H,2-4,6H2,1H3. The molecule has 2 rings (SSSR count). The third-order valence-corrected chi connectivity index (χ3v) is 3.39. The first-order valence-electron chi connectivity index (χ1n) is 6.14. The lowest BCUT2D eigenvalue weighted by atomic mass is 10.1. The molecule has 1 unspecified atom stereocenters. The number of aromatic nitrogens is 1. The van der Waals surface area contributed by atoms with Crippen LogP contribution in [0.1, 0.15) is 25.5 Å². The molecule has 0 saturated heterocycles. The summed E-state index contributed by atoms with van der Waals surface area (Å²) in [6.45, 7) is 2.90. The maximum absolute atomic E-state index is 11.0. The number of hydrogen-bond donors (Lipinski definition) is 1. The minimum atomic E-state index is -0.413. The summed E-state index contributed by atoms with van der Waals surface area (Å²) >= 11 is 5.75. The lowest BCUT2D eigenvalue weighted by Crippen LogP contribution is -2.33. The lowest BCUT2D eigenvalue weighted by molar-refractivity contribution is -0.386. The quantitative estimate of drug-likeness (QED) is 0.637. The second kappa shape index (κ2) is 5.63. The zero-order valence-electron chi connectivity index (χ0n) is 10.2. The van der Waals surface area contributed by atoms with Gasteiger partial charge >= 0.3 is 0 Å². The fourth-order valence-electron chi connectivity index (χ4n) is 2.15. The van der Waals surface area contributed by atoms with Crippen molar-refractivity contribution in [3.05, 3.63) is 33.1 Å². The maximum Gasteiger partial charge on any atom is 0.292 e. The van der Waals surface area contributed by atoms with Crippen molar-refractivity contribution in [2.24, 2.45) is 5.92 Å². The van der Waals surface area contributed by atoms with Crippen molar-refractivity contribution < 1.29 is 4.92 Å². The van der Waals surface area contributed by atoms with Crippen LogP contribution in [0.3, 0.4) is 0 Å². The van der Waals surface area contributed by atoms with E-state index in [4.69, 9.17) is 11.6 Å². The van der Waals surface area contributed by atoms with Gasteiger partial charge in [-0.3, -0.25) is 15.1 Å². The van der Waals surface area contributed by atoms with Crippen LogP contribution in [0.2, 0.25) is 5.02 Å². The molecular weight excluding hydrogens is 254 g/mol. The van der Waals surface area contributed by atoms with Crippen LogP contribution in [0.15, 0.2) is 12.3 Å². The Morgan fingerprint density at radius 1 is 1.67 bits per heavy atom. The Balaban J connectivity index is 2.18. The zero-order valence-corrected chi connectivity index (χ0v) is 11.0. The van der Waals surface area contributed by atoms with Crippen LogP contribution >= 0.6 is 11.6 Å². The van der Waals surface area contributed by atoms with Crippen LogP contribution in [0.5, 0.6) is 0 Å². The number of likely N-dealkylation sites (N-methyl/N-ethyl adjacent to an activating group) is 1. The smallest absolute Gasteiger partial charge is 0.292 e. The van der Waals surface area contributed by atoms with Crippen molar-refractivity contribution in [2.75, 3.05) is 6.54 Å². The zero-order chi connectivity index (χ0) is 13.1. The minimum absolute atomic E-state index is 0.0195. The molecule has 98 valence electrons. The van der Waals surface area contributed by atoms with Crippen LogP contribution in [0, 0.1) is 16.0 Å². The van der Waals surface area contributed by atoms with Crippen molar-refractivity contribution in [1.82, 2.24) is 10.3 Å². The van der Waals surface area contributed by atoms with Gasteiger partial charge in [-0.15, -0.1) is 0 Å². The molecule has 18 heavy (non-hydrogen) atoms. The Kier molecular flexibility index (Phi) is 4.14. The van der Waals surface area contributed by atoms with Gasteiger partial charge in [0.05, 0.1) is 9.95 Å². The fourth-order valence-corrected chi connectivity index (χ4v) is 2.30. The normalized spacial score (nSPS) is 16.6. The van der Waals surface area contributed by atoms with E-state index in [-0.39, 0.29) is 11.7 Å². The minimum Gasteiger partial charge on any atom is -0.314 e. The van der Waals surface area contributed by atoms with E-state index in [1.165, 1.54) is 25.1 Å². The molecule has 0 bridgehead atoms. The highest BCUT2D eigenvalue weighted by atomic mass is 35.5. The molecule has 0 radical (unpaired) electrons. The topological polar surface area (TPSA) is 68.1 Å². The molecule has 1 aromatic rings. The van der Waals surface area contributed by atoms with Crippen LogP contribution in [0.4, 0.5) is 5.69 Å². The van der Waals surface area contributed by atoms with E-state index < -0.39 is 4.92 Å².